The van der Waals surface area contributed by atoms with Gasteiger partial charge in [-0.2, -0.15) is 0 Å². The monoisotopic (exact) mass is 322 g/mol. The van der Waals surface area contributed by atoms with Crippen molar-refractivity contribution >= 4 is 16.8 Å². The third-order valence-electron chi connectivity index (χ3n) is 3.79. The molecule has 0 aliphatic rings. The van der Waals surface area contributed by atoms with E-state index in [0.717, 1.165) is 16.5 Å². The van der Waals surface area contributed by atoms with Crippen LogP contribution < -0.4 is 14.8 Å². The van der Waals surface area contributed by atoms with Gasteiger partial charge in [0.05, 0.1) is 19.7 Å². The minimum absolute atomic E-state index is 0.148. The first-order valence-corrected chi connectivity index (χ1v) is 7.56. The summed E-state index contributed by atoms with van der Waals surface area (Å²) in [6.45, 7) is 0.351. The quantitative estimate of drug-likeness (QED) is 0.784. The number of fused-ring (bicyclic) bond motifs is 1. The molecule has 1 heterocycles. The van der Waals surface area contributed by atoms with Crippen LogP contribution in [0.4, 0.5) is 0 Å². The third-order valence-corrected chi connectivity index (χ3v) is 3.79. The van der Waals surface area contributed by atoms with Gasteiger partial charge >= 0.3 is 0 Å². The molecule has 2 aromatic carbocycles. The zero-order valence-corrected chi connectivity index (χ0v) is 13.6. The zero-order chi connectivity index (χ0) is 16.9. The second-order valence-electron chi connectivity index (χ2n) is 5.25. The van der Waals surface area contributed by atoms with E-state index in [9.17, 15) is 4.79 Å². The van der Waals surface area contributed by atoms with Crippen molar-refractivity contribution in [3.8, 4) is 11.5 Å². The first kappa shape index (κ1) is 15.8. The van der Waals surface area contributed by atoms with Crippen LogP contribution in [-0.2, 0) is 6.54 Å². The number of nitrogens with one attached hydrogen (secondary N) is 1. The van der Waals surface area contributed by atoms with Gasteiger partial charge in [-0.1, -0.05) is 18.2 Å². The van der Waals surface area contributed by atoms with E-state index >= 15 is 0 Å². The molecule has 24 heavy (non-hydrogen) atoms. The maximum atomic E-state index is 12.4. The first-order valence-electron chi connectivity index (χ1n) is 7.56. The molecular weight excluding hydrogens is 304 g/mol. The average molecular weight is 322 g/mol. The molecule has 0 saturated carbocycles. The van der Waals surface area contributed by atoms with Crippen molar-refractivity contribution in [1.82, 2.24) is 10.3 Å². The minimum Gasteiger partial charge on any atom is -0.493 e. The van der Waals surface area contributed by atoms with E-state index in [1.807, 2.05) is 42.5 Å². The van der Waals surface area contributed by atoms with Crippen LogP contribution >= 0.6 is 0 Å². The summed E-state index contributed by atoms with van der Waals surface area (Å²) in [5, 5.41) is 3.85. The molecule has 3 rings (SSSR count). The lowest BCUT2D eigenvalue weighted by Crippen LogP contribution is -2.23. The number of hydrogen-bond donors (Lipinski definition) is 1. The molecule has 0 bridgehead atoms. The van der Waals surface area contributed by atoms with E-state index in [1.54, 1.807) is 26.5 Å². The Hall–Kier alpha value is -3.08. The van der Waals surface area contributed by atoms with Crippen LogP contribution in [0.15, 0.2) is 54.7 Å². The Labute approximate surface area is 140 Å². The van der Waals surface area contributed by atoms with Gasteiger partial charge in [-0.05, 0) is 30.3 Å². The van der Waals surface area contributed by atoms with Gasteiger partial charge in [0.25, 0.3) is 5.91 Å². The van der Waals surface area contributed by atoms with Crippen LogP contribution in [0.1, 0.15) is 15.9 Å². The SMILES string of the molecule is COc1cccc(CNC(=O)c2ccc3ncccc3c2)c1OC. The van der Waals surface area contributed by atoms with E-state index in [0.29, 0.717) is 23.6 Å². The molecule has 0 unspecified atom stereocenters. The number of carbonyl (C=O) groups excluding carboxylic acids is 1. The molecule has 1 aromatic heterocycles. The highest BCUT2D eigenvalue weighted by atomic mass is 16.5. The lowest BCUT2D eigenvalue weighted by atomic mass is 10.1. The number of methoxy groups -OCH3 is 2. The first-order chi connectivity index (χ1) is 11.7. The molecule has 0 atom stereocenters. The van der Waals surface area contributed by atoms with Gasteiger partial charge in [-0.3, -0.25) is 9.78 Å². The number of nitrogens with zero attached hydrogens (tertiary/aromatic N) is 1. The second-order valence-corrected chi connectivity index (χ2v) is 5.25. The van der Waals surface area contributed by atoms with E-state index in [1.165, 1.54) is 0 Å². The fourth-order valence-corrected chi connectivity index (χ4v) is 2.59. The number of aromatic nitrogens is 1. The summed E-state index contributed by atoms with van der Waals surface area (Å²) in [6.07, 6.45) is 1.73. The second kappa shape index (κ2) is 7.00. The zero-order valence-electron chi connectivity index (χ0n) is 13.6. The molecule has 5 heteroatoms. The number of benzene rings is 2. The van der Waals surface area contributed by atoms with Crippen LogP contribution in [-0.4, -0.2) is 25.1 Å². The Morgan fingerprint density at radius 2 is 1.96 bits per heavy atom. The van der Waals surface area contributed by atoms with Crippen LogP contribution in [0, 0.1) is 0 Å². The molecule has 0 saturated heterocycles. The van der Waals surface area contributed by atoms with E-state index in [4.69, 9.17) is 9.47 Å². The highest BCUT2D eigenvalue weighted by Crippen LogP contribution is 2.30. The van der Waals surface area contributed by atoms with Crippen LogP contribution in [0.25, 0.3) is 10.9 Å². The Kier molecular flexibility index (Phi) is 4.61. The fourth-order valence-electron chi connectivity index (χ4n) is 2.59. The van der Waals surface area contributed by atoms with Gasteiger partial charge in [-0.15, -0.1) is 0 Å². The number of pyridine rings is 1. The Balaban J connectivity index is 1.77. The van der Waals surface area contributed by atoms with Crippen molar-refractivity contribution in [3.05, 3.63) is 65.9 Å². The maximum absolute atomic E-state index is 12.4. The molecule has 3 aromatic rings. The van der Waals surface area contributed by atoms with Gasteiger partial charge < -0.3 is 14.8 Å². The normalized spacial score (nSPS) is 10.4. The molecule has 0 fully saturated rings. The minimum atomic E-state index is -0.148. The Morgan fingerprint density at radius 1 is 1.08 bits per heavy atom. The van der Waals surface area contributed by atoms with Crippen molar-refractivity contribution < 1.29 is 14.3 Å². The number of carbonyl (C=O) groups is 1. The van der Waals surface area contributed by atoms with Crippen molar-refractivity contribution in [2.45, 2.75) is 6.54 Å². The molecule has 5 nitrogen and oxygen atoms in total. The predicted octanol–water partition coefficient (Wildman–Crippen LogP) is 3.18. The van der Waals surface area contributed by atoms with Crippen molar-refractivity contribution in [2.75, 3.05) is 14.2 Å². The highest BCUT2D eigenvalue weighted by molar-refractivity contribution is 5.97. The van der Waals surface area contributed by atoms with E-state index < -0.39 is 0 Å². The molecule has 0 radical (unpaired) electrons. The molecule has 122 valence electrons. The van der Waals surface area contributed by atoms with Crippen molar-refractivity contribution in [2.24, 2.45) is 0 Å². The predicted molar refractivity (Wildman–Crippen MR) is 92.5 cm³/mol. The van der Waals surface area contributed by atoms with E-state index in [2.05, 4.69) is 10.3 Å². The number of amides is 1. The van der Waals surface area contributed by atoms with Crippen LogP contribution in [0.5, 0.6) is 11.5 Å². The summed E-state index contributed by atoms with van der Waals surface area (Å²) >= 11 is 0. The highest BCUT2D eigenvalue weighted by Gasteiger charge is 2.11. The summed E-state index contributed by atoms with van der Waals surface area (Å²) in [5.74, 6) is 1.12. The lowest BCUT2D eigenvalue weighted by molar-refractivity contribution is 0.0950. The van der Waals surface area contributed by atoms with Crippen LogP contribution in [0.3, 0.4) is 0 Å². The molecule has 1 N–H and O–H groups in total. The molecule has 0 aliphatic heterocycles. The molecule has 0 aliphatic carbocycles. The van der Waals surface area contributed by atoms with Gasteiger partial charge in [0.15, 0.2) is 11.5 Å². The summed E-state index contributed by atoms with van der Waals surface area (Å²) in [6, 6.07) is 14.8. The Bertz CT molecular complexity index is 877. The molecular formula is C19H18N2O3. The van der Waals surface area contributed by atoms with Gasteiger partial charge in [-0.25, -0.2) is 0 Å². The lowest BCUT2D eigenvalue weighted by Gasteiger charge is -2.13. The number of hydrogen-bond acceptors (Lipinski definition) is 4. The number of para-hydroxylation sites is 1. The largest absolute Gasteiger partial charge is 0.493 e. The maximum Gasteiger partial charge on any atom is 0.251 e. The van der Waals surface area contributed by atoms with Gasteiger partial charge in [0.1, 0.15) is 0 Å². The summed E-state index contributed by atoms with van der Waals surface area (Å²) in [7, 11) is 3.17. The van der Waals surface area contributed by atoms with Gasteiger partial charge in [0, 0.05) is 29.3 Å². The molecule has 0 spiro atoms. The number of ether oxygens (including phenoxy) is 2. The average Bonchev–Trinajstić information content (AvgIpc) is 2.65. The van der Waals surface area contributed by atoms with Crippen molar-refractivity contribution in [3.63, 3.8) is 0 Å². The topological polar surface area (TPSA) is 60.5 Å². The Morgan fingerprint density at radius 3 is 2.75 bits per heavy atom. The summed E-state index contributed by atoms with van der Waals surface area (Å²) in [4.78, 5) is 16.7. The van der Waals surface area contributed by atoms with Crippen LogP contribution in [0.2, 0.25) is 0 Å². The summed E-state index contributed by atoms with van der Waals surface area (Å²) in [5.41, 5.74) is 2.31. The summed E-state index contributed by atoms with van der Waals surface area (Å²) < 4.78 is 10.7. The number of rotatable bonds is 5. The van der Waals surface area contributed by atoms with Gasteiger partial charge in [0.2, 0.25) is 0 Å². The molecule has 1 amide bonds. The third kappa shape index (κ3) is 3.15. The smallest absolute Gasteiger partial charge is 0.251 e. The standard InChI is InChI=1S/C19H18N2O3/c1-23-17-7-3-5-15(18(17)24-2)12-21-19(22)14-8-9-16-13(11-14)6-4-10-20-16/h3-11H,12H2,1-2H3,(H,21,22). The van der Waals surface area contributed by atoms with Crippen molar-refractivity contribution in [1.29, 1.82) is 0 Å². The van der Waals surface area contributed by atoms with E-state index in [-0.39, 0.29) is 5.91 Å². The fraction of sp³-hybridized carbons (Fsp3) is 0.158.